The molecule has 1 aromatic heterocycles. The molecule has 0 bridgehead atoms. The molecular formula is C15H28IN5O2. The largest absolute Gasteiger partial charge is 0.379 e. The number of hydrogen-bond acceptors (Lipinski definition) is 4. The van der Waals surface area contributed by atoms with Crippen molar-refractivity contribution in [2.45, 2.75) is 38.8 Å². The van der Waals surface area contributed by atoms with Crippen LogP contribution in [0.2, 0.25) is 0 Å². The Morgan fingerprint density at radius 2 is 2.43 bits per heavy atom. The standard InChI is InChI=1S/C15H27N5O2.HI/c1-2-16-15(18-11-13-6-8-19-20-13)17-7-4-9-21-12-14-5-3-10-22-14;/h6,8,14H,2-5,7,9-12H2,1H3,(H,19,20)(H2,16,17,18);1H. The lowest BCUT2D eigenvalue weighted by molar-refractivity contribution is 0.0168. The minimum absolute atomic E-state index is 0. The molecule has 0 saturated carbocycles. The van der Waals surface area contributed by atoms with Gasteiger partial charge in [0.05, 0.1) is 24.9 Å². The highest BCUT2D eigenvalue weighted by molar-refractivity contribution is 14.0. The maximum absolute atomic E-state index is 5.64. The number of ether oxygens (including phenoxy) is 2. The van der Waals surface area contributed by atoms with Crippen LogP contribution >= 0.6 is 24.0 Å². The van der Waals surface area contributed by atoms with E-state index in [9.17, 15) is 0 Å². The van der Waals surface area contributed by atoms with E-state index in [4.69, 9.17) is 9.47 Å². The van der Waals surface area contributed by atoms with Gasteiger partial charge in [-0.3, -0.25) is 5.10 Å². The van der Waals surface area contributed by atoms with Crippen molar-refractivity contribution in [1.82, 2.24) is 20.8 Å². The van der Waals surface area contributed by atoms with E-state index in [2.05, 4.69) is 32.7 Å². The van der Waals surface area contributed by atoms with Crippen LogP contribution in [0.4, 0.5) is 0 Å². The summed E-state index contributed by atoms with van der Waals surface area (Å²) in [4.78, 5) is 4.50. The normalized spacial score (nSPS) is 17.8. The maximum atomic E-state index is 5.64. The van der Waals surface area contributed by atoms with E-state index in [0.29, 0.717) is 19.3 Å². The van der Waals surface area contributed by atoms with Crippen molar-refractivity contribution in [2.24, 2.45) is 4.99 Å². The number of aliphatic imine (C=N–C) groups is 1. The van der Waals surface area contributed by atoms with Crippen molar-refractivity contribution in [1.29, 1.82) is 0 Å². The molecule has 1 aromatic rings. The van der Waals surface area contributed by atoms with Gasteiger partial charge in [-0.15, -0.1) is 24.0 Å². The fourth-order valence-electron chi connectivity index (χ4n) is 2.25. The summed E-state index contributed by atoms with van der Waals surface area (Å²) in [6.07, 6.45) is 5.27. The molecule has 1 aliphatic rings. The Morgan fingerprint density at radius 1 is 1.52 bits per heavy atom. The maximum Gasteiger partial charge on any atom is 0.191 e. The molecule has 1 aliphatic heterocycles. The Labute approximate surface area is 155 Å². The number of nitrogens with zero attached hydrogens (tertiary/aromatic N) is 2. The minimum atomic E-state index is 0. The molecule has 2 heterocycles. The molecular weight excluding hydrogens is 409 g/mol. The van der Waals surface area contributed by atoms with Gasteiger partial charge in [-0.25, -0.2) is 4.99 Å². The molecule has 1 atom stereocenters. The van der Waals surface area contributed by atoms with Crippen molar-refractivity contribution >= 4 is 29.9 Å². The Kier molecular flexibility index (Phi) is 11.0. The zero-order valence-electron chi connectivity index (χ0n) is 13.7. The quantitative estimate of drug-likeness (QED) is 0.237. The van der Waals surface area contributed by atoms with Gasteiger partial charge >= 0.3 is 0 Å². The summed E-state index contributed by atoms with van der Waals surface area (Å²) in [6.45, 7) is 6.66. The molecule has 0 aliphatic carbocycles. The van der Waals surface area contributed by atoms with E-state index in [1.165, 1.54) is 0 Å². The molecule has 1 fully saturated rings. The van der Waals surface area contributed by atoms with Crippen molar-refractivity contribution in [3.05, 3.63) is 18.0 Å². The van der Waals surface area contributed by atoms with Crippen molar-refractivity contribution in [3.8, 4) is 0 Å². The highest BCUT2D eigenvalue weighted by Crippen LogP contribution is 2.11. The summed E-state index contributed by atoms with van der Waals surface area (Å²) in [5, 5.41) is 13.3. The van der Waals surface area contributed by atoms with Gasteiger partial charge in [-0.1, -0.05) is 0 Å². The van der Waals surface area contributed by atoms with Crippen LogP contribution < -0.4 is 10.6 Å². The van der Waals surface area contributed by atoms with Gasteiger partial charge < -0.3 is 20.1 Å². The van der Waals surface area contributed by atoms with Crippen molar-refractivity contribution < 1.29 is 9.47 Å². The van der Waals surface area contributed by atoms with Crippen LogP contribution in [-0.2, 0) is 16.0 Å². The average molecular weight is 437 g/mol. The molecule has 3 N–H and O–H groups in total. The predicted molar refractivity (Wildman–Crippen MR) is 101 cm³/mol. The molecule has 0 spiro atoms. The first kappa shape index (κ1) is 20.2. The zero-order chi connectivity index (χ0) is 15.5. The molecule has 1 saturated heterocycles. The third-order valence-corrected chi connectivity index (χ3v) is 3.40. The summed E-state index contributed by atoms with van der Waals surface area (Å²) in [6, 6.07) is 1.92. The average Bonchev–Trinajstić information content (AvgIpc) is 3.21. The highest BCUT2D eigenvalue weighted by atomic mass is 127. The fraction of sp³-hybridized carbons (Fsp3) is 0.733. The molecule has 8 heteroatoms. The van der Waals surface area contributed by atoms with Crippen LogP contribution in [0.1, 0.15) is 31.9 Å². The van der Waals surface area contributed by atoms with Gasteiger partial charge in [0.1, 0.15) is 0 Å². The highest BCUT2D eigenvalue weighted by Gasteiger charge is 2.14. The third kappa shape index (κ3) is 8.52. The van der Waals surface area contributed by atoms with Crippen LogP contribution in [0.25, 0.3) is 0 Å². The number of guanidine groups is 1. The third-order valence-electron chi connectivity index (χ3n) is 3.40. The first-order valence-corrected chi connectivity index (χ1v) is 8.08. The SMILES string of the molecule is CCNC(=NCc1ccn[nH]1)NCCCOCC1CCCO1.I. The summed E-state index contributed by atoms with van der Waals surface area (Å²) < 4.78 is 11.2. The number of aromatic amines is 1. The molecule has 1 unspecified atom stereocenters. The number of H-pyrrole nitrogens is 1. The van der Waals surface area contributed by atoms with E-state index < -0.39 is 0 Å². The summed E-state index contributed by atoms with van der Waals surface area (Å²) in [5.74, 6) is 0.816. The Morgan fingerprint density at radius 3 is 3.13 bits per heavy atom. The monoisotopic (exact) mass is 437 g/mol. The lowest BCUT2D eigenvalue weighted by Gasteiger charge is -2.12. The van der Waals surface area contributed by atoms with E-state index in [1.54, 1.807) is 6.20 Å². The number of hydrogen-bond donors (Lipinski definition) is 3. The van der Waals surface area contributed by atoms with E-state index in [-0.39, 0.29) is 24.0 Å². The summed E-state index contributed by atoms with van der Waals surface area (Å²) in [7, 11) is 0. The predicted octanol–water partition coefficient (Wildman–Crippen LogP) is 1.67. The Bertz CT molecular complexity index is 422. The number of rotatable bonds is 9. The van der Waals surface area contributed by atoms with Crippen LogP contribution in [0, 0.1) is 0 Å². The fourth-order valence-corrected chi connectivity index (χ4v) is 2.25. The van der Waals surface area contributed by atoms with E-state index in [1.807, 2.05) is 6.07 Å². The summed E-state index contributed by atoms with van der Waals surface area (Å²) in [5.41, 5.74) is 0.997. The first-order valence-electron chi connectivity index (χ1n) is 8.08. The molecule has 0 amide bonds. The molecule has 2 rings (SSSR count). The van der Waals surface area contributed by atoms with Gasteiger partial charge in [0.25, 0.3) is 0 Å². The second kappa shape index (κ2) is 12.5. The van der Waals surface area contributed by atoms with E-state index in [0.717, 1.165) is 57.2 Å². The molecule has 0 aromatic carbocycles. The van der Waals surface area contributed by atoms with Crippen LogP contribution in [0.15, 0.2) is 17.3 Å². The van der Waals surface area contributed by atoms with Crippen molar-refractivity contribution in [3.63, 3.8) is 0 Å². The van der Waals surface area contributed by atoms with Gasteiger partial charge in [-0.2, -0.15) is 5.10 Å². The topological polar surface area (TPSA) is 83.6 Å². The minimum Gasteiger partial charge on any atom is -0.379 e. The number of halogens is 1. The van der Waals surface area contributed by atoms with Crippen LogP contribution in [-0.4, -0.2) is 55.2 Å². The first-order chi connectivity index (χ1) is 10.9. The molecule has 23 heavy (non-hydrogen) atoms. The number of nitrogens with one attached hydrogen (secondary N) is 3. The lowest BCUT2D eigenvalue weighted by atomic mass is 10.2. The second-order valence-electron chi connectivity index (χ2n) is 5.27. The molecule has 0 radical (unpaired) electrons. The van der Waals surface area contributed by atoms with Crippen LogP contribution in [0.5, 0.6) is 0 Å². The summed E-state index contributed by atoms with van der Waals surface area (Å²) >= 11 is 0. The van der Waals surface area contributed by atoms with Crippen molar-refractivity contribution in [2.75, 3.05) is 32.9 Å². The van der Waals surface area contributed by atoms with Gasteiger partial charge in [0.15, 0.2) is 5.96 Å². The van der Waals surface area contributed by atoms with Gasteiger partial charge in [0, 0.05) is 32.5 Å². The molecule has 132 valence electrons. The van der Waals surface area contributed by atoms with Gasteiger partial charge in [-0.05, 0) is 32.3 Å². The lowest BCUT2D eigenvalue weighted by Crippen LogP contribution is -2.38. The molecule has 7 nitrogen and oxygen atoms in total. The Balaban J connectivity index is 0.00000264. The van der Waals surface area contributed by atoms with E-state index >= 15 is 0 Å². The van der Waals surface area contributed by atoms with Crippen LogP contribution in [0.3, 0.4) is 0 Å². The number of aromatic nitrogens is 2. The second-order valence-corrected chi connectivity index (χ2v) is 5.27. The smallest absolute Gasteiger partial charge is 0.191 e. The van der Waals surface area contributed by atoms with Gasteiger partial charge in [0.2, 0.25) is 0 Å². The zero-order valence-corrected chi connectivity index (χ0v) is 16.0. The Hall–Kier alpha value is -0.870.